The summed E-state index contributed by atoms with van der Waals surface area (Å²) in [6.07, 6.45) is 2.41. The van der Waals surface area contributed by atoms with Gasteiger partial charge in [0.2, 0.25) is 0 Å². The Labute approximate surface area is 91.1 Å². The highest BCUT2D eigenvalue weighted by Crippen LogP contribution is 2.20. The van der Waals surface area contributed by atoms with Gasteiger partial charge in [-0.25, -0.2) is 0 Å². The van der Waals surface area contributed by atoms with Crippen molar-refractivity contribution in [2.45, 2.75) is 24.7 Å². The average molecular weight is 209 g/mol. The molecule has 0 aliphatic heterocycles. The van der Waals surface area contributed by atoms with Crippen LogP contribution in [0.2, 0.25) is 0 Å². The molecule has 1 aromatic carbocycles. The van der Waals surface area contributed by atoms with Crippen molar-refractivity contribution in [1.29, 1.82) is 0 Å². The Bertz CT molecular complexity index is 235. The second kappa shape index (κ2) is 6.91. The molecule has 0 aliphatic carbocycles. The van der Waals surface area contributed by atoms with Gasteiger partial charge in [-0.15, -0.1) is 11.8 Å². The molecule has 0 bridgehead atoms. The lowest BCUT2D eigenvalue weighted by Crippen LogP contribution is -2.06. The molecular formula is C12H19NS. The summed E-state index contributed by atoms with van der Waals surface area (Å²) in [7, 11) is 0. The summed E-state index contributed by atoms with van der Waals surface area (Å²) in [6.45, 7) is 3.09. The topological polar surface area (TPSA) is 26.0 Å². The van der Waals surface area contributed by atoms with E-state index in [0.717, 1.165) is 18.9 Å². The van der Waals surface area contributed by atoms with Crippen LogP contribution in [-0.4, -0.2) is 12.3 Å². The van der Waals surface area contributed by atoms with Crippen molar-refractivity contribution in [2.24, 2.45) is 11.7 Å². The molecule has 1 unspecified atom stereocenters. The van der Waals surface area contributed by atoms with Gasteiger partial charge in [-0.05, 0) is 43.2 Å². The number of hydrogen-bond donors (Lipinski definition) is 1. The van der Waals surface area contributed by atoms with E-state index in [1.54, 1.807) is 0 Å². The van der Waals surface area contributed by atoms with Gasteiger partial charge in [0.05, 0.1) is 0 Å². The summed E-state index contributed by atoms with van der Waals surface area (Å²) in [5.41, 5.74) is 5.51. The summed E-state index contributed by atoms with van der Waals surface area (Å²) >= 11 is 1.93. The highest BCUT2D eigenvalue weighted by Gasteiger charge is 2.00. The number of hydrogen-bond acceptors (Lipinski definition) is 2. The van der Waals surface area contributed by atoms with E-state index in [0.29, 0.717) is 0 Å². The normalized spacial score (nSPS) is 12.7. The van der Waals surface area contributed by atoms with E-state index < -0.39 is 0 Å². The summed E-state index contributed by atoms with van der Waals surface area (Å²) in [6, 6.07) is 10.6. The van der Waals surface area contributed by atoms with Crippen LogP contribution in [0, 0.1) is 5.92 Å². The molecule has 0 radical (unpaired) electrons. The third kappa shape index (κ3) is 4.68. The minimum absolute atomic E-state index is 0.760. The molecule has 0 spiro atoms. The maximum atomic E-state index is 5.51. The molecule has 1 nitrogen and oxygen atoms in total. The van der Waals surface area contributed by atoms with Crippen molar-refractivity contribution in [2.75, 3.05) is 12.3 Å². The second-order valence-corrected chi connectivity index (χ2v) is 4.80. The van der Waals surface area contributed by atoms with Gasteiger partial charge in [-0.1, -0.05) is 25.1 Å². The van der Waals surface area contributed by atoms with Gasteiger partial charge in [0.25, 0.3) is 0 Å². The molecule has 1 atom stereocenters. The van der Waals surface area contributed by atoms with Crippen LogP contribution < -0.4 is 5.73 Å². The van der Waals surface area contributed by atoms with Gasteiger partial charge < -0.3 is 5.73 Å². The fourth-order valence-corrected chi connectivity index (χ4v) is 2.43. The first-order valence-corrected chi connectivity index (χ1v) is 6.19. The Kier molecular flexibility index (Phi) is 5.72. The van der Waals surface area contributed by atoms with Crippen molar-refractivity contribution < 1.29 is 0 Å². The molecule has 1 aromatic rings. The fourth-order valence-electron chi connectivity index (χ4n) is 1.32. The highest BCUT2D eigenvalue weighted by molar-refractivity contribution is 7.99. The lowest BCUT2D eigenvalue weighted by molar-refractivity contribution is 0.528. The third-order valence-corrected chi connectivity index (χ3v) is 3.33. The van der Waals surface area contributed by atoms with Crippen LogP contribution in [0.15, 0.2) is 35.2 Å². The third-order valence-electron chi connectivity index (χ3n) is 2.28. The van der Waals surface area contributed by atoms with Crippen LogP contribution in [0.5, 0.6) is 0 Å². The molecule has 14 heavy (non-hydrogen) atoms. The van der Waals surface area contributed by atoms with Gasteiger partial charge in [0, 0.05) is 4.90 Å². The summed E-state index contributed by atoms with van der Waals surface area (Å²) in [4.78, 5) is 1.37. The van der Waals surface area contributed by atoms with E-state index >= 15 is 0 Å². The minimum Gasteiger partial charge on any atom is -0.330 e. The number of nitrogens with two attached hydrogens (primary N) is 1. The van der Waals surface area contributed by atoms with Crippen LogP contribution >= 0.6 is 11.8 Å². The molecule has 0 saturated carbocycles. The Morgan fingerprint density at radius 1 is 1.21 bits per heavy atom. The molecule has 0 aromatic heterocycles. The van der Waals surface area contributed by atoms with Gasteiger partial charge in [-0.2, -0.15) is 0 Å². The van der Waals surface area contributed by atoms with Crippen molar-refractivity contribution >= 4 is 11.8 Å². The van der Waals surface area contributed by atoms with Crippen LogP contribution in [0.4, 0.5) is 0 Å². The number of benzene rings is 1. The van der Waals surface area contributed by atoms with E-state index in [1.807, 2.05) is 11.8 Å². The maximum Gasteiger partial charge on any atom is 0.00719 e. The predicted octanol–water partition coefficient (Wildman–Crippen LogP) is 3.15. The molecule has 0 fully saturated rings. The van der Waals surface area contributed by atoms with Gasteiger partial charge >= 0.3 is 0 Å². The largest absolute Gasteiger partial charge is 0.330 e. The number of thioether (sulfide) groups is 1. The SMILES string of the molecule is CC(CCN)CCSc1ccccc1. The predicted molar refractivity (Wildman–Crippen MR) is 64.6 cm³/mol. The molecule has 0 saturated heterocycles. The first-order chi connectivity index (χ1) is 6.83. The molecular weight excluding hydrogens is 190 g/mol. The van der Waals surface area contributed by atoms with E-state index in [-0.39, 0.29) is 0 Å². The zero-order valence-corrected chi connectivity index (χ0v) is 9.59. The molecule has 78 valence electrons. The van der Waals surface area contributed by atoms with Crippen LogP contribution in [-0.2, 0) is 0 Å². The summed E-state index contributed by atoms with van der Waals surface area (Å²) in [5.74, 6) is 1.96. The standard InChI is InChI=1S/C12H19NS/c1-11(7-9-13)8-10-14-12-5-3-2-4-6-12/h2-6,11H,7-10,13H2,1H3. The minimum atomic E-state index is 0.760. The lowest BCUT2D eigenvalue weighted by atomic mass is 10.1. The molecule has 2 heteroatoms. The van der Waals surface area contributed by atoms with Crippen LogP contribution in [0.1, 0.15) is 19.8 Å². The van der Waals surface area contributed by atoms with Gasteiger partial charge in [-0.3, -0.25) is 0 Å². The van der Waals surface area contributed by atoms with E-state index in [2.05, 4.69) is 37.3 Å². The summed E-state index contributed by atoms with van der Waals surface area (Å²) in [5, 5.41) is 0. The number of rotatable bonds is 6. The zero-order chi connectivity index (χ0) is 10.2. The lowest BCUT2D eigenvalue weighted by Gasteiger charge is -2.08. The van der Waals surface area contributed by atoms with Gasteiger partial charge in [0.15, 0.2) is 0 Å². The Hall–Kier alpha value is -0.470. The Morgan fingerprint density at radius 2 is 1.93 bits per heavy atom. The molecule has 2 N–H and O–H groups in total. The first kappa shape index (κ1) is 11.6. The quantitative estimate of drug-likeness (QED) is 0.728. The van der Waals surface area contributed by atoms with Crippen molar-refractivity contribution in [1.82, 2.24) is 0 Å². The monoisotopic (exact) mass is 209 g/mol. The van der Waals surface area contributed by atoms with Crippen molar-refractivity contribution in [3.8, 4) is 0 Å². The van der Waals surface area contributed by atoms with E-state index in [9.17, 15) is 0 Å². The molecule has 0 heterocycles. The smallest absolute Gasteiger partial charge is 0.00719 e. The molecule has 1 rings (SSSR count). The molecule has 0 aliphatic rings. The average Bonchev–Trinajstić information content (AvgIpc) is 2.20. The second-order valence-electron chi connectivity index (χ2n) is 3.63. The van der Waals surface area contributed by atoms with Crippen molar-refractivity contribution in [3.05, 3.63) is 30.3 Å². The first-order valence-electron chi connectivity index (χ1n) is 5.21. The van der Waals surface area contributed by atoms with E-state index in [1.165, 1.54) is 17.1 Å². The van der Waals surface area contributed by atoms with E-state index in [4.69, 9.17) is 5.73 Å². The van der Waals surface area contributed by atoms with Crippen molar-refractivity contribution in [3.63, 3.8) is 0 Å². The Morgan fingerprint density at radius 3 is 2.57 bits per heavy atom. The fraction of sp³-hybridized carbons (Fsp3) is 0.500. The molecule has 0 amide bonds. The highest BCUT2D eigenvalue weighted by atomic mass is 32.2. The van der Waals surface area contributed by atoms with Crippen LogP contribution in [0.3, 0.4) is 0 Å². The Balaban J connectivity index is 2.16. The van der Waals surface area contributed by atoms with Crippen LogP contribution in [0.25, 0.3) is 0 Å². The van der Waals surface area contributed by atoms with Gasteiger partial charge in [0.1, 0.15) is 0 Å². The maximum absolute atomic E-state index is 5.51. The summed E-state index contributed by atoms with van der Waals surface area (Å²) < 4.78 is 0. The zero-order valence-electron chi connectivity index (χ0n) is 8.78.